The number of amides is 2. The molecule has 1 saturated heterocycles. The van der Waals surface area contributed by atoms with Crippen molar-refractivity contribution in [1.29, 1.82) is 0 Å². The Morgan fingerprint density at radius 1 is 0.921 bits per heavy atom. The molecule has 1 fully saturated rings. The largest absolute Gasteiger partial charge is 0.504 e. The number of carbonyl (C=O) groups excluding carboxylic acids is 2. The van der Waals surface area contributed by atoms with Gasteiger partial charge in [0.2, 0.25) is 17.6 Å². The van der Waals surface area contributed by atoms with Gasteiger partial charge < -0.3 is 38.8 Å². The quantitative estimate of drug-likeness (QED) is 0.458. The SMILES string of the molecule is COc1ccc(CN(C(=O)CSC(=S)N2CCN(C(C)=O)CC2)c2cc(OC)c(OC)c(OC)c2)cc1O. The molecule has 206 valence electrons. The molecular formula is C26H33N3O7S2. The first-order chi connectivity index (χ1) is 18.2. The molecule has 38 heavy (non-hydrogen) atoms. The van der Waals surface area contributed by atoms with Crippen LogP contribution in [0.1, 0.15) is 12.5 Å². The number of nitrogens with zero attached hydrogens (tertiary/aromatic N) is 3. The lowest BCUT2D eigenvalue weighted by Crippen LogP contribution is -2.49. The maximum atomic E-state index is 13.6. The molecule has 0 saturated carbocycles. The van der Waals surface area contributed by atoms with E-state index < -0.39 is 0 Å². The first-order valence-electron chi connectivity index (χ1n) is 11.9. The summed E-state index contributed by atoms with van der Waals surface area (Å²) >= 11 is 6.87. The third kappa shape index (κ3) is 6.93. The average Bonchev–Trinajstić information content (AvgIpc) is 2.93. The second-order valence-electron chi connectivity index (χ2n) is 8.42. The van der Waals surface area contributed by atoms with Gasteiger partial charge in [0.05, 0.1) is 46.4 Å². The number of phenolic OH excluding ortho intramolecular Hbond substituents is 1. The van der Waals surface area contributed by atoms with Crippen molar-refractivity contribution in [2.24, 2.45) is 0 Å². The number of benzene rings is 2. The van der Waals surface area contributed by atoms with E-state index in [9.17, 15) is 14.7 Å². The normalized spacial score (nSPS) is 13.1. The highest BCUT2D eigenvalue weighted by molar-refractivity contribution is 8.23. The van der Waals surface area contributed by atoms with Crippen LogP contribution in [0, 0.1) is 0 Å². The number of hydrogen-bond donors (Lipinski definition) is 1. The molecule has 0 spiro atoms. The molecule has 2 amide bonds. The van der Waals surface area contributed by atoms with E-state index in [-0.39, 0.29) is 29.9 Å². The van der Waals surface area contributed by atoms with Crippen molar-refractivity contribution in [3.8, 4) is 28.7 Å². The Kier molecular flexibility index (Phi) is 10.3. The molecule has 0 aromatic heterocycles. The summed E-state index contributed by atoms with van der Waals surface area (Å²) in [6.07, 6.45) is 0. The van der Waals surface area contributed by atoms with Gasteiger partial charge >= 0.3 is 0 Å². The summed E-state index contributed by atoms with van der Waals surface area (Å²) < 4.78 is 22.2. The summed E-state index contributed by atoms with van der Waals surface area (Å²) in [5.41, 5.74) is 1.22. The first-order valence-corrected chi connectivity index (χ1v) is 13.2. The number of phenols is 1. The number of rotatable bonds is 9. The van der Waals surface area contributed by atoms with Crippen LogP contribution in [0.25, 0.3) is 0 Å². The molecule has 1 heterocycles. The Morgan fingerprint density at radius 2 is 1.50 bits per heavy atom. The number of thiocarbonyl (C=S) groups is 1. The fourth-order valence-electron chi connectivity index (χ4n) is 4.06. The van der Waals surface area contributed by atoms with Gasteiger partial charge in [0.1, 0.15) is 4.32 Å². The second-order valence-corrected chi connectivity index (χ2v) is 10.0. The summed E-state index contributed by atoms with van der Waals surface area (Å²) in [6.45, 7) is 4.18. The summed E-state index contributed by atoms with van der Waals surface area (Å²) in [5.74, 6) is 1.46. The third-order valence-corrected chi connectivity index (χ3v) is 7.66. The van der Waals surface area contributed by atoms with E-state index in [1.807, 2.05) is 4.90 Å². The molecule has 0 atom stereocenters. The minimum Gasteiger partial charge on any atom is -0.504 e. The molecule has 0 unspecified atom stereocenters. The van der Waals surface area contributed by atoms with Gasteiger partial charge in [-0.25, -0.2) is 0 Å². The minimum atomic E-state index is -0.204. The lowest BCUT2D eigenvalue weighted by Gasteiger charge is -2.35. The van der Waals surface area contributed by atoms with E-state index in [4.69, 9.17) is 31.2 Å². The molecule has 12 heteroatoms. The van der Waals surface area contributed by atoms with E-state index in [0.717, 1.165) is 0 Å². The van der Waals surface area contributed by atoms with Crippen molar-refractivity contribution in [1.82, 2.24) is 9.80 Å². The molecule has 1 N–H and O–H groups in total. The summed E-state index contributed by atoms with van der Waals surface area (Å²) in [6, 6.07) is 8.39. The third-order valence-electron chi connectivity index (χ3n) is 6.15. The van der Waals surface area contributed by atoms with Gasteiger partial charge in [-0.2, -0.15) is 0 Å². The van der Waals surface area contributed by atoms with Crippen LogP contribution in [0.4, 0.5) is 5.69 Å². The van der Waals surface area contributed by atoms with Crippen LogP contribution in [0.15, 0.2) is 30.3 Å². The highest BCUT2D eigenvalue weighted by Crippen LogP contribution is 2.41. The van der Waals surface area contributed by atoms with E-state index in [0.29, 0.717) is 64.7 Å². The monoisotopic (exact) mass is 563 g/mol. The molecule has 1 aliphatic heterocycles. The molecule has 3 rings (SSSR count). The first kappa shape index (κ1) is 29.2. The maximum absolute atomic E-state index is 13.6. The van der Waals surface area contributed by atoms with Gasteiger partial charge in [-0.3, -0.25) is 9.59 Å². The van der Waals surface area contributed by atoms with E-state index in [2.05, 4.69) is 0 Å². The van der Waals surface area contributed by atoms with Crippen LogP contribution in [0.2, 0.25) is 0 Å². The molecule has 1 aliphatic rings. The molecule has 0 radical (unpaired) electrons. The fraction of sp³-hybridized carbons (Fsp3) is 0.423. The van der Waals surface area contributed by atoms with Crippen LogP contribution >= 0.6 is 24.0 Å². The van der Waals surface area contributed by atoms with Crippen LogP contribution in [-0.4, -0.2) is 91.4 Å². The van der Waals surface area contributed by atoms with Crippen molar-refractivity contribution in [3.63, 3.8) is 0 Å². The lowest BCUT2D eigenvalue weighted by molar-refractivity contribution is -0.130. The summed E-state index contributed by atoms with van der Waals surface area (Å²) in [7, 11) is 6.00. The van der Waals surface area contributed by atoms with Crippen molar-refractivity contribution < 1.29 is 33.6 Å². The van der Waals surface area contributed by atoms with Crippen molar-refractivity contribution in [2.45, 2.75) is 13.5 Å². The Balaban J connectivity index is 1.84. The molecule has 10 nitrogen and oxygen atoms in total. The summed E-state index contributed by atoms with van der Waals surface area (Å²) in [5, 5.41) is 10.3. The number of hydrogen-bond acceptors (Lipinski definition) is 9. The van der Waals surface area contributed by atoms with Crippen molar-refractivity contribution >= 4 is 45.8 Å². The number of methoxy groups -OCH3 is 4. The lowest BCUT2D eigenvalue weighted by atomic mass is 10.1. The standard InChI is InChI=1S/C26H33N3O7S2/c1-17(30)27-8-10-28(11-9-27)26(37)38-16-24(32)29(15-18-6-7-21(33-2)20(31)12-18)19-13-22(34-3)25(36-5)23(14-19)35-4/h6-7,12-14,31H,8-11,15-16H2,1-5H3. The molecular weight excluding hydrogens is 530 g/mol. The van der Waals surface area contributed by atoms with Crippen LogP contribution in [-0.2, 0) is 16.1 Å². The average molecular weight is 564 g/mol. The number of aromatic hydroxyl groups is 1. The van der Waals surface area contributed by atoms with E-state index in [1.54, 1.807) is 47.1 Å². The molecule has 0 bridgehead atoms. The minimum absolute atomic E-state index is 0.0254. The zero-order chi connectivity index (χ0) is 27.8. The Labute approximate surface area is 232 Å². The molecule has 2 aromatic rings. The van der Waals surface area contributed by atoms with Crippen molar-refractivity contribution in [2.75, 3.05) is 65.3 Å². The van der Waals surface area contributed by atoms with Gasteiger partial charge in [0.25, 0.3) is 0 Å². The van der Waals surface area contributed by atoms with Gasteiger partial charge in [-0.15, -0.1) is 0 Å². The van der Waals surface area contributed by atoms with E-state index >= 15 is 0 Å². The smallest absolute Gasteiger partial charge is 0.237 e. The number of carbonyl (C=O) groups is 2. The Morgan fingerprint density at radius 3 is 2.00 bits per heavy atom. The summed E-state index contributed by atoms with van der Waals surface area (Å²) in [4.78, 5) is 30.6. The van der Waals surface area contributed by atoms with E-state index in [1.165, 1.54) is 40.2 Å². The van der Waals surface area contributed by atoms with Gasteiger partial charge in [0, 0.05) is 45.2 Å². The van der Waals surface area contributed by atoms with Gasteiger partial charge in [-0.05, 0) is 17.7 Å². The number of ether oxygens (including phenoxy) is 4. The highest BCUT2D eigenvalue weighted by Gasteiger charge is 2.25. The Hall–Kier alpha value is -3.38. The highest BCUT2D eigenvalue weighted by atomic mass is 32.2. The predicted molar refractivity (Wildman–Crippen MR) is 151 cm³/mol. The fourth-order valence-corrected chi connectivity index (χ4v) is 5.19. The Bertz CT molecular complexity index is 1140. The molecule has 2 aromatic carbocycles. The maximum Gasteiger partial charge on any atom is 0.237 e. The topological polar surface area (TPSA) is 101 Å². The number of anilines is 1. The zero-order valence-electron chi connectivity index (χ0n) is 22.2. The molecule has 0 aliphatic carbocycles. The zero-order valence-corrected chi connectivity index (χ0v) is 23.8. The van der Waals surface area contributed by atoms with Gasteiger partial charge in [0.15, 0.2) is 23.0 Å². The van der Waals surface area contributed by atoms with Crippen molar-refractivity contribution in [3.05, 3.63) is 35.9 Å². The van der Waals surface area contributed by atoms with Gasteiger partial charge in [-0.1, -0.05) is 30.0 Å². The number of piperazine rings is 1. The number of thioether (sulfide) groups is 1. The second kappa shape index (κ2) is 13.4. The predicted octanol–water partition coefficient (Wildman–Crippen LogP) is 3.14. The van der Waals surface area contributed by atoms with Crippen LogP contribution in [0.3, 0.4) is 0 Å². The van der Waals surface area contributed by atoms with Crippen LogP contribution < -0.4 is 23.8 Å². The van der Waals surface area contributed by atoms with Crippen LogP contribution in [0.5, 0.6) is 28.7 Å².